The van der Waals surface area contributed by atoms with Gasteiger partial charge in [0.05, 0.1) is 0 Å². The van der Waals surface area contributed by atoms with Crippen LogP contribution in [0.5, 0.6) is 0 Å². The lowest BCUT2D eigenvalue weighted by Gasteiger charge is -2.23. The van der Waals surface area contributed by atoms with Crippen LogP contribution in [0, 0.1) is 0 Å². The van der Waals surface area contributed by atoms with Gasteiger partial charge in [0.2, 0.25) is 5.91 Å². The number of nitrogens with zero attached hydrogens (tertiary/aromatic N) is 2. The van der Waals surface area contributed by atoms with Crippen molar-refractivity contribution in [1.29, 1.82) is 0 Å². The van der Waals surface area contributed by atoms with Gasteiger partial charge in [-0.2, -0.15) is 0 Å². The number of unbranched alkanes of at least 4 members (excludes halogenated alkanes) is 2. The number of hydrogen-bond donors (Lipinski definition) is 1. The van der Waals surface area contributed by atoms with Crippen LogP contribution in [0.4, 0.5) is 5.69 Å². The summed E-state index contributed by atoms with van der Waals surface area (Å²) >= 11 is 0. The lowest BCUT2D eigenvalue weighted by Crippen LogP contribution is -2.37. The van der Waals surface area contributed by atoms with Gasteiger partial charge in [0.15, 0.2) is 0 Å². The molecule has 20 heavy (non-hydrogen) atoms. The average molecular weight is 279 g/mol. The Kier molecular flexibility index (Phi) is 6.84. The fraction of sp³-hybridized carbons (Fsp3) is 0.600. The summed E-state index contributed by atoms with van der Waals surface area (Å²) in [6.07, 6.45) is 5.60. The molecule has 5 nitrogen and oxygen atoms in total. The normalized spacial score (nSPS) is 10.5. The van der Waals surface area contributed by atoms with Gasteiger partial charge in [-0.1, -0.05) is 26.7 Å². The smallest absolute Gasteiger partial charge is 0.251 e. The van der Waals surface area contributed by atoms with Crippen molar-refractivity contribution < 1.29 is 4.79 Å². The van der Waals surface area contributed by atoms with Crippen molar-refractivity contribution in [2.75, 3.05) is 18.8 Å². The zero-order chi connectivity index (χ0) is 15.0. The standard InChI is InChI=1S/C15H25N3O2/c1-3-5-9-17(10-6-4-2)15(20)12-18-11-13(16)7-8-14(18)19/h7-8,11H,3-6,9-10,12,16H2,1-2H3. The summed E-state index contributed by atoms with van der Waals surface area (Å²) in [4.78, 5) is 25.9. The van der Waals surface area contributed by atoms with Gasteiger partial charge in [-0.05, 0) is 18.9 Å². The maximum atomic E-state index is 12.3. The molecule has 0 atom stereocenters. The Balaban J connectivity index is 2.73. The fourth-order valence-corrected chi connectivity index (χ4v) is 1.98. The van der Waals surface area contributed by atoms with E-state index in [1.165, 1.54) is 16.8 Å². The van der Waals surface area contributed by atoms with E-state index in [1.54, 1.807) is 6.07 Å². The van der Waals surface area contributed by atoms with Gasteiger partial charge in [0.1, 0.15) is 6.54 Å². The number of carbonyl (C=O) groups excluding carboxylic acids is 1. The molecule has 0 bridgehead atoms. The van der Waals surface area contributed by atoms with Crippen LogP contribution in [-0.4, -0.2) is 28.5 Å². The molecule has 0 aromatic carbocycles. The largest absolute Gasteiger partial charge is 0.398 e. The number of anilines is 1. The summed E-state index contributed by atoms with van der Waals surface area (Å²) in [6.45, 7) is 5.78. The monoisotopic (exact) mass is 279 g/mol. The van der Waals surface area contributed by atoms with Crippen LogP contribution >= 0.6 is 0 Å². The molecule has 2 N–H and O–H groups in total. The molecule has 1 heterocycles. The van der Waals surface area contributed by atoms with Crippen LogP contribution < -0.4 is 11.3 Å². The second-order valence-corrected chi connectivity index (χ2v) is 5.02. The third-order valence-electron chi connectivity index (χ3n) is 3.23. The van der Waals surface area contributed by atoms with E-state index in [1.807, 2.05) is 4.90 Å². The summed E-state index contributed by atoms with van der Waals surface area (Å²) in [5.74, 6) is -0.0143. The van der Waals surface area contributed by atoms with Gasteiger partial charge < -0.3 is 15.2 Å². The molecule has 1 amide bonds. The summed E-state index contributed by atoms with van der Waals surface area (Å²) < 4.78 is 1.38. The second kappa shape index (κ2) is 8.40. The molecule has 0 saturated heterocycles. The maximum absolute atomic E-state index is 12.3. The highest BCUT2D eigenvalue weighted by atomic mass is 16.2. The topological polar surface area (TPSA) is 68.3 Å². The molecular formula is C15H25N3O2. The zero-order valence-electron chi connectivity index (χ0n) is 12.5. The Morgan fingerprint density at radius 2 is 1.80 bits per heavy atom. The van der Waals surface area contributed by atoms with E-state index in [0.29, 0.717) is 5.69 Å². The minimum atomic E-state index is -0.196. The number of hydrogen-bond acceptors (Lipinski definition) is 3. The molecule has 0 unspecified atom stereocenters. The number of amides is 1. The minimum absolute atomic E-state index is 0.0143. The van der Waals surface area contributed by atoms with Crippen molar-refractivity contribution in [2.45, 2.75) is 46.1 Å². The van der Waals surface area contributed by atoms with E-state index in [4.69, 9.17) is 5.73 Å². The molecule has 0 aliphatic heterocycles. The number of nitrogens with two attached hydrogens (primary N) is 1. The number of carbonyl (C=O) groups is 1. The molecule has 0 aliphatic rings. The fourth-order valence-electron chi connectivity index (χ4n) is 1.98. The third kappa shape index (κ3) is 5.07. The van der Waals surface area contributed by atoms with Crippen LogP contribution in [-0.2, 0) is 11.3 Å². The number of aromatic nitrogens is 1. The van der Waals surface area contributed by atoms with Gasteiger partial charge in [-0.25, -0.2) is 0 Å². The van der Waals surface area contributed by atoms with Crippen molar-refractivity contribution in [3.63, 3.8) is 0 Å². The first-order chi connectivity index (χ1) is 9.58. The highest BCUT2D eigenvalue weighted by Crippen LogP contribution is 2.02. The summed E-state index contributed by atoms with van der Waals surface area (Å²) in [7, 11) is 0. The molecule has 0 aliphatic carbocycles. The summed E-state index contributed by atoms with van der Waals surface area (Å²) in [5.41, 5.74) is 5.95. The summed E-state index contributed by atoms with van der Waals surface area (Å²) in [5, 5.41) is 0. The maximum Gasteiger partial charge on any atom is 0.251 e. The van der Waals surface area contributed by atoms with Crippen molar-refractivity contribution >= 4 is 11.6 Å². The lowest BCUT2D eigenvalue weighted by molar-refractivity contribution is -0.132. The SMILES string of the molecule is CCCCN(CCCC)C(=O)Cn1cc(N)ccc1=O. The Morgan fingerprint density at radius 3 is 2.35 bits per heavy atom. The molecule has 112 valence electrons. The summed E-state index contributed by atoms with van der Waals surface area (Å²) in [6, 6.07) is 2.94. The van der Waals surface area contributed by atoms with Crippen LogP contribution in [0.3, 0.4) is 0 Å². The highest BCUT2D eigenvalue weighted by molar-refractivity contribution is 5.76. The van der Waals surface area contributed by atoms with Crippen LogP contribution in [0.1, 0.15) is 39.5 Å². The van der Waals surface area contributed by atoms with Crippen LogP contribution in [0.2, 0.25) is 0 Å². The van der Waals surface area contributed by atoms with Crippen LogP contribution in [0.15, 0.2) is 23.1 Å². The number of pyridine rings is 1. The van der Waals surface area contributed by atoms with Gasteiger partial charge >= 0.3 is 0 Å². The van der Waals surface area contributed by atoms with Crippen molar-refractivity contribution in [3.8, 4) is 0 Å². The van der Waals surface area contributed by atoms with E-state index >= 15 is 0 Å². The lowest BCUT2D eigenvalue weighted by atomic mass is 10.2. The minimum Gasteiger partial charge on any atom is -0.398 e. The van der Waals surface area contributed by atoms with E-state index in [0.717, 1.165) is 38.8 Å². The molecule has 0 saturated carbocycles. The molecule has 0 spiro atoms. The van der Waals surface area contributed by atoms with Crippen molar-refractivity contribution in [1.82, 2.24) is 9.47 Å². The van der Waals surface area contributed by atoms with E-state index in [-0.39, 0.29) is 18.0 Å². The van der Waals surface area contributed by atoms with E-state index < -0.39 is 0 Å². The molecular weight excluding hydrogens is 254 g/mol. The predicted octanol–water partition coefficient (Wildman–Crippen LogP) is 1.86. The molecule has 1 rings (SSSR count). The Morgan fingerprint density at radius 1 is 1.20 bits per heavy atom. The third-order valence-corrected chi connectivity index (χ3v) is 3.23. The predicted molar refractivity (Wildman–Crippen MR) is 81.5 cm³/mol. The van der Waals surface area contributed by atoms with Gasteiger partial charge in [0, 0.05) is 31.0 Å². The van der Waals surface area contributed by atoms with Crippen molar-refractivity contribution in [2.24, 2.45) is 0 Å². The second-order valence-electron chi connectivity index (χ2n) is 5.02. The van der Waals surface area contributed by atoms with Gasteiger partial charge in [0.25, 0.3) is 5.56 Å². The van der Waals surface area contributed by atoms with Crippen molar-refractivity contribution in [3.05, 3.63) is 28.7 Å². The number of rotatable bonds is 8. The quantitative estimate of drug-likeness (QED) is 0.789. The molecule has 1 aromatic heterocycles. The number of nitrogen functional groups attached to an aromatic ring is 1. The molecule has 0 radical (unpaired) electrons. The first-order valence-electron chi connectivity index (χ1n) is 7.32. The van der Waals surface area contributed by atoms with Gasteiger partial charge in [-0.15, -0.1) is 0 Å². The molecule has 1 aromatic rings. The first-order valence-corrected chi connectivity index (χ1v) is 7.32. The Bertz CT molecular complexity index is 474. The molecule has 0 fully saturated rings. The average Bonchev–Trinajstić information content (AvgIpc) is 2.43. The van der Waals surface area contributed by atoms with E-state index in [9.17, 15) is 9.59 Å². The van der Waals surface area contributed by atoms with Gasteiger partial charge in [-0.3, -0.25) is 9.59 Å². The highest BCUT2D eigenvalue weighted by Gasteiger charge is 2.13. The first kappa shape index (κ1) is 16.3. The molecule has 5 heteroatoms. The van der Waals surface area contributed by atoms with E-state index in [2.05, 4.69) is 13.8 Å². The van der Waals surface area contributed by atoms with Crippen LogP contribution in [0.25, 0.3) is 0 Å². The Hall–Kier alpha value is -1.78. The zero-order valence-corrected chi connectivity index (χ0v) is 12.5. The Labute approximate surface area is 120 Å².